The number of carbonyl (C=O) groups excluding carboxylic acids is 1. The van der Waals surface area contributed by atoms with Gasteiger partial charge in [-0.15, -0.1) is 0 Å². The molecule has 0 aliphatic carbocycles. The Labute approximate surface area is 122 Å². The van der Waals surface area contributed by atoms with Crippen LogP contribution in [0.2, 0.25) is 0 Å². The lowest BCUT2D eigenvalue weighted by molar-refractivity contribution is 0.0276. The minimum Gasteiger partial charge on any atom is -0.444 e. The van der Waals surface area contributed by atoms with Gasteiger partial charge in [0.1, 0.15) is 11.4 Å². The molecule has 0 unspecified atom stereocenters. The molecule has 1 rings (SSSR count). The first kappa shape index (κ1) is 16.8. The quantitative estimate of drug-likeness (QED) is 0.807. The van der Waals surface area contributed by atoms with Crippen LogP contribution in [0.4, 0.5) is 4.79 Å². The molecule has 0 aromatic rings. The second kappa shape index (κ2) is 7.50. The van der Waals surface area contributed by atoms with Crippen LogP contribution in [0.15, 0.2) is 4.99 Å². The van der Waals surface area contributed by atoms with Crippen molar-refractivity contribution in [2.24, 2.45) is 10.9 Å². The van der Waals surface area contributed by atoms with Crippen molar-refractivity contribution in [3.8, 4) is 0 Å². The number of nitrogens with zero attached hydrogens (tertiary/aromatic N) is 2. The lowest BCUT2D eigenvalue weighted by Gasteiger charge is -2.30. The first-order valence-electron chi connectivity index (χ1n) is 7.53. The van der Waals surface area contributed by atoms with Gasteiger partial charge in [0.2, 0.25) is 0 Å². The van der Waals surface area contributed by atoms with Crippen molar-refractivity contribution in [3.05, 3.63) is 0 Å². The average Bonchev–Trinajstić information content (AvgIpc) is 2.33. The Morgan fingerprint density at radius 3 is 2.75 bits per heavy atom. The first-order valence-corrected chi connectivity index (χ1v) is 7.53. The number of carbonyl (C=O) groups is 1. The van der Waals surface area contributed by atoms with Crippen LogP contribution in [0.5, 0.6) is 0 Å². The van der Waals surface area contributed by atoms with Gasteiger partial charge < -0.3 is 10.1 Å². The van der Waals surface area contributed by atoms with E-state index in [1.807, 2.05) is 20.8 Å². The highest BCUT2D eigenvalue weighted by Crippen LogP contribution is 2.11. The zero-order valence-corrected chi connectivity index (χ0v) is 13.5. The van der Waals surface area contributed by atoms with Gasteiger partial charge in [-0.25, -0.2) is 4.79 Å². The lowest BCUT2D eigenvalue weighted by Crippen LogP contribution is -2.47. The molecule has 0 saturated carbocycles. The summed E-state index contributed by atoms with van der Waals surface area (Å²) < 4.78 is 5.39. The molecule has 1 N–H and O–H groups in total. The molecular formula is C15H29N3O2. The van der Waals surface area contributed by atoms with E-state index in [0.29, 0.717) is 19.6 Å². The minimum absolute atomic E-state index is 0.256. The Balaban J connectivity index is 2.34. The molecule has 1 heterocycles. The van der Waals surface area contributed by atoms with E-state index in [9.17, 15) is 4.79 Å². The molecule has 0 bridgehead atoms. The van der Waals surface area contributed by atoms with Crippen LogP contribution in [0.25, 0.3) is 0 Å². The third-order valence-corrected chi connectivity index (χ3v) is 2.95. The number of amidine groups is 1. The van der Waals surface area contributed by atoms with Gasteiger partial charge in [0.15, 0.2) is 0 Å². The summed E-state index contributed by atoms with van der Waals surface area (Å²) in [6.07, 6.45) is 2.08. The number of amides is 1. The Morgan fingerprint density at radius 2 is 2.15 bits per heavy atom. The van der Waals surface area contributed by atoms with Crippen LogP contribution >= 0.6 is 0 Å². The summed E-state index contributed by atoms with van der Waals surface area (Å²) >= 11 is 0. The number of nitrogens with one attached hydrogen (secondary N) is 1. The molecule has 1 aliphatic heterocycles. The van der Waals surface area contributed by atoms with Gasteiger partial charge in [0.25, 0.3) is 0 Å². The molecule has 1 aliphatic rings. The minimum atomic E-state index is -0.448. The van der Waals surface area contributed by atoms with Gasteiger partial charge in [-0.3, -0.25) is 9.89 Å². The second-order valence-corrected chi connectivity index (χ2v) is 6.69. The van der Waals surface area contributed by atoms with E-state index < -0.39 is 5.60 Å². The fraction of sp³-hybridized carbons (Fsp3) is 0.867. The summed E-state index contributed by atoms with van der Waals surface area (Å²) in [4.78, 5) is 18.1. The van der Waals surface area contributed by atoms with E-state index in [-0.39, 0.29) is 6.09 Å². The molecule has 1 amide bonds. The van der Waals surface area contributed by atoms with E-state index >= 15 is 0 Å². The van der Waals surface area contributed by atoms with Crippen molar-refractivity contribution in [1.29, 1.82) is 0 Å². The van der Waals surface area contributed by atoms with E-state index in [1.165, 1.54) is 6.42 Å². The molecule has 0 aromatic heterocycles. The van der Waals surface area contributed by atoms with Gasteiger partial charge in [0, 0.05) is 13.1 Å². The molecule has 116 valence electrons. The van der Waals surface area contributed by atoms with Gasteiger partial charge >= 0.3 is 6.09 Å². The second-order valence-electron chi connectivity index (χ2n) is 6.69. The maximum atomic E-state index is 12.0. The SMILES string of the molecule is CC(C)CCCNC1=NCCN(C(=O)OC(C)(C)C)C1. The van der Waals surface area contributed by atoms with Crippen LogP contribution in [0, 0.1) is 5.92 Å². The van der Waals surface area contributed by atoms with E-state index in [0.717, 1.165) is 24.7 Å². The molecule has 0 aromatic carbocycles. The fourth-order valence-corrected chi connectivity index (χ4v) is 1.95. The van der Waals surface area contributed by atoms with Crippen LogP contribution in [-0.4, -0.2) is 48.6 Å². The molecule has 0 radical (unpaired) electrons. The largest absolute Gasteiger partial charge is 0.444 e. The van der Waals surface area contributed by atoms with E-state index in [1.54, 1.807) is 4.90 Å². The first-order chi connectivity index (χ1) is 9.28. The number of rotatable bonds is 4. The molecule has 0 spiro atoms. The third-order valence-electron chi connectivity index (χ3n) is 2.95. The number of hydrogen-bond donors (Lipinski definition) is 1. The molecular weight excluding hydrogens is 254 g/mol. The van der Waals surface area contributed by atoms with Crippen LogP contribution in [0.1, 0.15) is 47.5 Å². The highest BCUT2D eigenvalue weighted by Gasteiger charge is 2.24. The number of hydrogen-bond acceptors (Lipinski definition) is 4. The molecule has 20 heavy (non-hydrogen) atoms. The van der Waals surface area contributed by atoms with Gasteiger partial charge in [-0.2, -0.15) is 0 Å². The summed E-state index contributed by atoms with van der Waals surface area (Å²) in [6, 6.07) is 0. The topological polar surface area (TPSA) is 53.9 Å². The summed E-state index contributed by atoms with van der Waals surface area (Å²) in [5, 5.41) is 3.33. The van der Waals surface area contributed by atoms with Crippen molar-refractivity contribution in [3.63, 3.8) is 0 Å². The monoisotopic (exact) mass is 283 g/mol. The maximum Gasteiger partial charge on any atom is 0.410 e. The van der Waals surface area contributed by atoms with Crippen molar-refractivity contribution in [2.75, 3.05) is 26.2 Å². The van der Waals surface area contributed by atoms with Gasteiger partial charge in [-0.05, 0) is 39.5 Å². The molecule has 0 fully saturated rings. The molecule has 0 saturated heterocycles. The van der Waals surface area contributed by atoms with Gasteiger partial charge in [0.05, 0.1) is 13.1 Å². The Bertz CT molecular complexity index is 346. The Kier molecular flexibility index (Phi) is 6.30. The summed E-state index contributed by atoms with van der Waals surface area (Å²) in [6.45, 7) is 12.8. The normalized spacial score (nSPS) is 16.1. The third kappa shape index (κ3) is 6.78. The van der Waals surface area contributed by atoms with E-state index in [4.69, 9.17) is 4.74 Å². The Morgan fingerprint density at radius 1 is 1.45 bits per heavy atom. The zero-order valence-electron chi connectivity index (χ0n) is 13.5. The predicted molar refractivity (Wildman–Crippen MR) is 82.2 cm³/mol. The van der Waals surface area contributed by atoms with Gasteiger partial charge in [-0.1, -0.05) is 13.8 Å². The number of aliphatic imine (C=N–C) groups is 1. The number of ether oxygens (including phenoxy) is 1. The zero-order chi connectivity index (χ0) is 15.2. The molecule has 0 atom stereocenters. The smallest absolute Gasteiger partial charge is 0.410 e. The lowest BCUT2D eigenvalue weighted by atomic mass is 10.1. The molecule has 5 heteroatoms. The van der Waals surface area contributed by atoms with Crippen molar-refractivity contribution in [1.82, 2.24) is 10.2 Å². The van der Waals surface area contributed by atoms with Crippen molar-refractivity contribution >= 4 is 11.9 Å². The predicted octanol–water partition coefficient (Wildman–Crippen LogP) is 2.66. The summed E-state index contributed by atoms with van der Waals surface area (Å²) in [5.41, 5.74) is -0.448. The van der Waals surface area contributed by atoms with Crippen LogP contribution in [0.3, 0.4) is 0 Å². The van der Waals surface area contributed by atoms with Crippen molar-refractivity contribution < 1.29 is 9.53 Å². The van der Waals surface area contributed by atoms with E-state index in [2.05, 4.69) is 24.2 Å². The van der Waals surface area contributed by atoms with Crippen LogP contribution in [-0.2, 0) is 4.74 Å². The average molecular weight is 283 g/mol. The highest BCUT2D eigenvalue weighted by atomic mass is 16.6. The summed E-state index contributed by atoms with van der Waals surface area (Å²) in [5.74, 6) is 1.62. The molecule has 5 nitrogen and oxygen atoms in total. The van der Waals surface area contributed by atoms with Crippen LogP contribution < -0.4 is 5.32 Å². The maximum absolute atomic E-state index is 12.0. The Hall–Kier alpha value is -1.26. The van der Waals surface area contributed by atoms with Crippen molar-refractivity contribution in [2.45, 2.75) is 53.1 Å². The standard InChI is InChI=1S/C15H29N3O2/c1-12(2)7-6-8-16-13-11-18(10-9-17-13)14(19)20-15(3,4)5/h12H,6-11H2,1-5H3,(H,16,17). The summed E-state index contributed by atoms with van der Waals surface area (Å²) in [7, 11) is 0. The highest BCUT2D eigenvalue weighted by molar-refractivity contribution is 5.87. The fourth-order valence-electron chi connectivity index (χ4n) is 1.95.